The predicted molar refractivity (Wildman–Crippen MR) is 45.5 cm³/mol. The normalized spacial score (nSPS) is 16.4. The van der Waals surface area contributed by atoms with Crippen molar-refractivity contribution in [1.29, 1.82) is 0 Å². The summed E-state index contributed by atoms with van der Waals surface area (Å²) < 4.78 is 0. The van der Waals surface area contributed by atoms with Gasteiger partial charge >= 0.3 is 0 Å². The molecule has 0 aromatic heterocycles. The van der Waals surface area contributed by atoms with Gasteiger partial charge in [0.05, 0.1) is 12.2 Å². The van der Waals surface area contributed by atoms with Gasteiger partial charge in [0.15, 0.2) is 0 Å². The summed E-state index contributed by atoms with van der Waals surface area (Å²) >= 11 is 0. The topological polar surface area (TPSA) is 52.5 Å². The molecule has 0 aromatic rings. The van der Waals surface area contributed by atoms with E-state index in [0.29, 0.717) is 13.1 Å². The highest BCUT2D eigenvalue weighted by atomic mass is 16.3. The molecule has 0 aromatic carbocycles. The zero-order valence-electron chi connectivity index (χ0n) is 7.38. The van der Waals surface area contributed by atoms with Crippen LogP contribution in [-0.4, -0.2) is 35.5 Å². The molecule has 0 spiro atoms. The van der Waals surface area contributed by atoms with E-state index in [1.165, 1.54) is 0 Å². The highest BCUT2D eigenvalue weighted by molar-refractivity contribution is 4.60. The molecule has 2 unspecified atom stereocenters. The summed E-state index contributed by atoms with van der Waals surface area (Å²) in [5.41, 5.74) is 0. The van der Waals surface area contributed by atoms with E-state index < -0.39 is 0 Å². The largest absolute Gasteiger partial charge is 0.392 e. The van der Waals surface area contributed by atoms with Crippen LogP contribution in [0.3, 0.4) is 0 Å². The lowest BCUT2D eigenvalue weighted by molar-refractivity contribution is 0.146. The second-order valence-electron chi connectivity index (χ2n) is 2.95. The molecule has 0 amide bonds. The SMILES string of the molecule is CCCC(O)CNCC(C)O. The minimum Gasteiger partial charge on any atom is -0.392 e. The van der Waals surface area contributed by atoms with E-state index in [2.05, 4.69) is 5.32 Å². The molecule has 68 valence electrons. The molecule has 11 heavy (non-hydrogen) atoms. The molecule has 0 fully saturated rings. The lowest BCUT2D eigenvalue weighted by Gasteiger charge is -2.11. The van der Waals surface area contributed by atoms with Gasteiger partial charge in [-0.1, -0.05) is 13.3 Å². The summed E-state index contributed by atoms with van der Waals surface area (Å²) in [5, 5.41) is 21.0. The zero-order valence-corrected chi connectivity index (χ0v) is 7.38. The number of hydrogen-bond acceptors (Lipinski definition) is 3. The van der Waals surface area contributed by atoms with Crippen LogP contribution in [0.4, 0.5) is 0 Å². The Balaban J connectivity index is 3.10. The van der Waals surface area contributed by atoms with Gasteiger partial charge < -0.3 is 15.5 Å². The number of rotatable bonds is 6. The van der Waals surface area contributed by atoms with Crippen molar-refractivity contribution in [1.82, 2.24) is 5.32 Å². The van der Waals surface area contributed by atoms with Gasteiger partial charge in [-0.2, -0.15) is 0 Å². The number of hydrogen-bond donors (Lipinski definition) is 3. The molecule has 0 bridgehead atoms. The van der Waals surface area contributed by atoms with Crippen LogP contribution in [0, 0.1) is 0 Å². The molecule has 0 heterocycles. The molecule has 0 saturated carbocycles. The first kappa shape index (κ1) is 10.9. The molecule has 2 atom stereocenters. The van der Waals surface area contributed by atoms with Crippen molar-refractivity contribution in [3.05, 3.63) is 0 Å². The summed E-state index contributed by atoms with van der Waals surface area (Å²) in [5.74, 6) is 0. The fourth-order valence-corrected chi connectivity index (χ4v) is 0.894. The predicted octanol–water partition coefficient (Wildman–Crippen LogP) is 0.118. The summed E-state index contributed by atoms with van der Waals surface area (Å²) in [6.45, 7) is 4.90. The molecule has 0 radical (unpaired) electrons. The van der Waals surface area contributed by atoms with Crippen LogP contribution in [0.25, 0.3) is 0 Å². The highest BCUT2D eigenvalue weighted by Crippen LogP contribution is 1.93. The summed E-state index contributed by atoms with van der Waals surface area (Å²) in [7, 11) is 0. The van der Waals surface area contributed by atoms with Crippen LogP contribution in [0.2, 0.25) is 0 Å². The monoisotopic (exact) mass is 161 g/mol. The number of aliphatic hydroxyl groups is 2. The van der Waals surface area contributed by atoms with Crippen LogP contribution in [-0.2, 0) is 0 Å². The molecule has 0 rings (SSSR count). The van der Waals surface area contributed by atoms with E-state index in [-0.39, 0.29) is 12.2 Å². The van der Waals surface area contributed by atoms with E-state index in [0.717, 1.165) is 12.8 Å². The third-order valence-corrected chi connectivity index (χ3v) is 1.44. The van der Waals surface area contributed by atoms with E-state index in [9.17, 15) is 5.11 Å². The molecule has 0 aliphatic heterocycles. The molecule has 0 aliphatic carbocycles. The van der Waals surface area contributed by atoms with Gasteiger partial charge in [0.25, 0.3) is 0 Å². The third-order valence-electron chi connectivity index (χ3n) is 1.44. The van der Waals surface area contributed by atoms with Crippen LogP contribution in [0.15, 0.2) is 0 Å². The quantitative estimate of drug-likeness (QED) is 0.518. The first-order chi connectivity index (χ1) is 5.16. The average molecular weight is 161 g/mol. The summed E-state index contributed by atoms with van der Waals surface area (Å²) in [6, 6.07) is 0. The molecule has 3 heteroatoms. The van der Waals surface area contributed by atoms with Crippen molar-refractivity contribution in [3.63, 3.8) is 0 Å². The highest BCUT2D eigenvalue weighted by Gasteiger charge is 2.01. The Morgan fingerprint density at radius 1 is 1.27 bits per heavy atom. The van der Waals surface area contributed by atoms with Crippen molar-refractivity contribution in [2.24, 2.45) is 0 Å². The minimum absolute atomic E-state index is 0.265. The van der Waals surface area contributed by atoms with Crippen LogP contribution < -0.4 is 5.32 Å². The van der Waals surface area contributed by atoms with E-state index in [1.807, 2.05) is 6.92 Å². The van der Waals surface area contributed by atoms with Gasteiger partial charge in [0.1, 0.15) is 0 Å². The van der Waals surface area contributed by atoms with Gasteiger partial charge in [0.2, 0.25) is 0 Å². The third kappa shape index (κ3) is 7.78. The first-order valence-electron chi connectivity index (χ1n) is 4.23. The van der Waals surface area contributed by atoms with Crippen molar-refractivity contribution in [3.8, 4) is 0 Å². The second kappa shape index (κ2) is 6.58. The van der Waals surface area contributed by atoms with E-state index >= 15 is 0 Å². The maximum atomic E-state index is 9.22. The molecular weight excluding hydrogens is 142 g/mol. The molecule has 3 nitrogen and oxygen atoms in total. The van der Waals surface area contributed by atoms with Crippen molar-refractivity contribution in [2.75, 3.05) is 13.1 Å². The van der Waals surface area contributed by atoms with Crippen LogP contribution in [0.5, 0.6) is 0 Å². The van der Waals surface area contributed by atoms with Gasteiger partial charge in [-0.3, -0.25) is 0 Å². The maximum Gasteiger partial charge on any atom is 0.0664 e. The van der Waals surface area contributed by atoms with Crippen molar-refractivity contribution < 1.29 is 10.2 Å². The Kier molecular flexibility index (Phi) is 6.51. The van der Waals surface area contributed by atoms with Gasteiger partial charge in [-0.05, 0) is 13.3 Å². The number of nitrogens with one attached hydrogen (secondary N) is 1. The maximum absolute atomic E-state index is 9.22. The van der Waals surface area contributed by atoms with Gasteiger partial charge in [-0.25, -0.2) is 0 Å². The zero-order chi connectivity index (χ0) is 8.69. The number of aliphatic hydroxyl groups excluding tert-OH is 2. The average Bonchev–Trinajstić information content (AvgIpc) is 1.87. The lowest BCUT2D eigenvalue weighted by atomic mass is 10.2. The van der Waals surface area contributed by atoms with E-state index in [1.54, 1.807) is 6.92 Å². The van der Waals surface area contributed by atoms with Crippen molar-refractivity contribution >= 4 is 0 Å². The Morgan fingerprint density at radius 3 is 2.36 bits per heavy atom. The Labute approximate surface area is 68.4 Å². The second-order valence-corrected chi connectivity index (χ2v) is 2.95. The smallest absolute Gasteiger partial charge is 0.0664 e. The van der Waals surface area contributed by atoms with Gasteiger partial charge in [-0.15, -0.1) is 0 Å². The Morgan fingerprint density at radius 2 is 1.91 bits per heavy atom. The minimum atomic E-state index is -0.330. The first-order valence-corrected chi connectivity index (χ1v) is 4.23. The van der Waals surface area contributed by atoms with Crippen LogP contribution >= 0.6 is 0 Å². The fourth-order valence-electron chi connectivity index (χ4n) is 0.894. The Bertz CT molecular complexity index is 86.2. The fraction of sp³-hybridized carbons (Fsp3) is 1.00. The standard InChI is InChI=1S/C8H19NO2/c1-3-4-8(11)6-9-5-7(2)10/h7-11H,3-6H2,1-2H3. The summed E-state index contributed by atoms with van der Waals surface area (Å²) in [6.07, 6.45) is 1.23. The van der Waals surface area contributed by atoms with Gasteiger partial charge in [0, 0.05) is 13.1 Å². The van der Waals surface area contributed by atoms with E-state index in [4.69, 9.17) is 5.11 Å². The summed E-state index contributed by atoms with van der Waals surface area (Å²) in [4.78, 5) is 0. The molecular formula is C8H19NO2. The lowest BCUT2D eigenvalue weighted by Crippen LogP contribution is -2.31. The Hall–Kier alpha value is -0.120. The van der Waals surface area contributed by atoms with Crippen LogP contribution in [0.1, 0.15) is 26.7 Å². The molecule has 0 saturated heterocycles. The van der Waals surface area contributed by atoms with Crippen molar-refractivity contribution in [2.45, 2.75) is 38.9 Å². The molecule has 0 aliphatic rings. The molecule has 3 N–H and O–H groups in total.